The molecule has 1 saturated carbocycles. The van der Waals surface area contributed by atoms with Crippen LogP contribution >= 0.6 is 0 Å². The Hall–Kier alpha value is -2.98. The average molecular weight is 524 g/mol. The number of piperidine rings is 2. The van der Waals surface area contributed by atoms with E-state index >= 15 is 0 Å². The maximum atomic E-state index is 12.8. The minimum absolute atomic E-state index is 0.00197. The van der Waals surface area contributed by atoms with Gasteiger partial charge < -0.3 is 15.3 Å². The number of hydrazine groups is 1. The zero-order valence-corrected chi connectivity index (χ0v) is 21.5. The molecule has 1 aromatic heterocycles. The van der Waals surface area contributed by atoms with E-state index in [0.717, 1.165) is 69.8 Å². The number of anilines is 2. The second-order valence-electron chi connectivity index (χ2n) is 11.6. The molecule has 5 atom stereocenters. The molecule has 6 N–H and O–H groups in total. The predicted molar refractivity (Wildman–Crippen MR) is 139 cm³/mol. The Morgan fingerprint density at radius 2 is 2.00 bits per heavy atom. The molecule has 0 bridgehead atoms. The Labute approximate surface area is 222 Å². The standard InChI is InChI=1S/C26H37N9O3/c27-8-3-16-4-9-35(10-5-16)25-31-19-15-29-33-23(36)21(19)22(32-25)30-17-1-2-20(28-14-17)34-11-6-26(7-12-34)13-18(26)24(37)38/h1-2,14,16,18-19,21-22,25,29-32H,3-7,9-13,15H2,(H,33,36)(H,37,38). The lowest BCUT2D eigenvalue weighted by atomic mass is 9.90. The lowest BCUT2D eigenvalue weighted by Crippen LogP contribution is -2.77. The number of rotatable bonds is 6. The van der Waals surface area contributed by atoms with Gasteiger partial charge in [0.05, 0.1) is 36.0 Å². The first kappa shape index (κ1) is 25.3. The first-order valence-corrected chi connectivity index (χ1v) is 13.8. The van der Waals surface area contributed by atoms with E-state index in [2.05, 4.69) is 42.7 Å². The lowest BCUT2D eigenvalue weighted by molar-refractivity contribution is -0.139. The molecule has 1 aromatic rings. The number of carbonyl (C=O) groups excluding carboxylic acids is 1. The van der Waals surface area contributed by atoms with Gasteiger partial charge in [0.15, 0.2) is 0 Å². The largest absolute Gasteiger partial charge is 0.481 e. The zero-order valence-electron chi connectivity index (χ0n) is 21.5. The number of likely N-dealkylation sites (tertiary alicyclic amines) is 1. The van der Waals surface area contributed by atoms with Crippen LogP contribution in [0.3, 0.4) is 0 Å². The summed E-state index contributed by atoms with van der Waals surface area (Å²) in [4.78, 5) is 33.5. The van der Waals surface area contributed by atoms with Crippen LogP contribution in [0.15, 0.2) is 18.3 Å². The summed E-state index contributed by atoms with van der Waals surface area (Å²) >= 11 is 0. The highest BCUT2D eigenvalue weighted by molar-refractivity contribution is 5.81. The molecule has 5 heterocycles. The molecule has 5 aliphatic rings. The van der Waals surface area contributed by atoms with E-state index in [1.54, 1.807) is 0 Å². The fraction of sp³-hybridized carbons (Fsp3) is 0.692. The van der Waals surface area contributed by atoms with E-state index < -0.39 is 5.97 Å². The minimum atomic E-state index is -0.658. The Bertz CT molecular complexity index is 1080. The molecule has 4 aliphatic heterocycles. The number of hydrogen-bond acceptors (Lipinski definition) is 10. The number of hydrogen-bond donors (Lipinski definition) is 6. The molecule has 6 rings (SSSR count). The number of nitrogens with one attached hydrogen (secondary N) is 5. The summed E-state index contributed by atoms with van der Waals surface area (Å²) in [6, 6.07) is 6.27. The van der Waals surface area contributed by atoms with Crippen molar-refractivity contribution in [3.8, 4) is 6.07 Å². The second kappa shape index (κ2) is 10.3. The Kier molecular flexibility index (Phi) is 6.86. The van der Waals surface area contributed by atoms with Crippen molar-refractivity contribution in [3.63, 3.8) is 0 Å². The van der Waals surface area contributed by atoms with Gasteiger partial charge in [-0.1, -0.05) is 0 Å². The molecule has 0 radical (unpaired) electrons. The van der Waals surface area contributed by atoms with Crippen LogP contribution in [0.2, 0.25) is 0 Å². The first-order valence-electron chi connectivity index (χ1n) is 13.8. The van der Waals surface area contributed by atoms with E-state index in [4.69, 9.17) is 10.2 Å². The molecule has 0 aromatic carbocycles. The van der Waals surface area contributed by atoms with Crippen LogP contribution in [0.25, 0.3) is 0 Å². The number of nitrogens with zero attached hydrogens (tertiary/aromatic N) is 4. The molecule has 1 spiro atoms. The van der Waals surface area contributed by atoms with E-state index in [1.807, 2.05) is 18.3 Å². The number of nitriles is 1. The minimum Gasteiger partial charge on any atom is -0.481 e. The molecule has 5 unspecified atom stereocenters. The topological polar surface area (TPSA) is 158 Å². The van der Waals surface area contributed by atoms with Crippen molar-refractivity contribution >= 4 is 23.4 Å². The quantitative estimate of drug-likeness (QED) is 0.303. The maximum absolute atomic E-state index is 12.8. The van der Waals surface area contributed by atoms with E-state index in [9.17, 15) is 14.7 Å². The van der Waals surface area contributed by atoms with Crippen LogP contribution in [0.5, 0.6) is 0 Å². The van der Waals surface area contributed by atoms with Crippen LogP contribution in [-0.2, 0) is 9.59 Å². The number of aliphatic carboxylic acids is 1. The monoisotopic (exact) mass is 523 g/mol. The fourth-order valence-electron chi connectivity index (χ4n) is 6.87. The van der Waals surface area contributed by atoms with Gasteiger partial charge in [0.25, 0.3) is 0 Å². The van der Waals surface area contributed by atoms with Gasteiger partial charge in [0, 0.05) is 45.2 Å². The van der Waals surface area contributed by atoms with Gasteiger partial charge in [-0.05, 0) is 55.6 Å². The normalized spacial score (nSPS) is 33.2. The van der Waals surface area contributed by atoms with Crippen molar-refractivity contribution in [2.75, 3.05) is 42.9 Å². The average Bonchev–Trinajstić information content (AvgIpc) is 3.63. The number of aromatic nitrogens is 1. The Morgan fingerprint density at radius 3 is 2.66 bits per heavy atom. The molecule has 1 amide bonds. The highest BCUT2D eigenvalue weighted by Crippen LogP contribution is 2.59. The molecular weight excluding hydrogens is 486 g/mol. The first-order chi connectivity index (χ1) is 18.5. The van der Waals surface area contributed by atoms with Crippen LogP contribution in [0.1, 0.15) is 38.5 Å². The predicted octanol–water partition coefficient (Wildman–Crippen LogP) is 0.232. The number of carbonyl (C=O) groups is 2. The molecule has 12 heteroatoms. The lowest BCUT2D eigenvalue weighted by Gasteiger charge is -2.49. The SMILES string of the molecule is N#CCC1CCN(C2NC3CNNC(=O)C3C(Nc3ccc(N4CCC5(CC4)CC5C(=O)O)nc3)N2)CC1. The molecule has 4 saturated heterocycles. The second-order valence-corrected chi connectivity index (χ2v) is 11.6. The third kappa shape index (κ3) is 4.91. The molecule has 12 nitrogen and oxygen atoms in total. The van der Waals surface area contributed by atoms with Crippen LogP contribution < -0.4 is 31.7 Å². The summed E-state index contributed by atoms with van der Waals surface area (Å²) in [5, 5.41) is 29.1. The number of carboxylic acid groups (broad SMARTS) is 1. The molecule has 1 aliphatic carbocycles. The van der Waals surface area contributed by atoms with Crippen LogP contribution in [-0.4, -0.2) is 78.1 Å². The van der Waals surface area contributed by atoms with Crippen LogP contribution in [0.4, 0.5) is 11.5 Å². The van der Waals surface area contributed by atoms with Crippen molar-refractivity contribution < 1.29 is 14.7 Å². The Morgan fingerprint density at radius 1 is 1.21 bits per heavy atom. The highest BCUT2D eigenvalue weighted by Gasteiger charge is 2.58. The summed E-state index contributed by atoms with van der Waals surface area (Å²) in [7, 11) is 0. The maximum Gasteiger partial charge on any atom is 0.307 e. The van der Waals surface area contributed by atoms with E-state index in [-0.39, 0.29) is 41.7 Å². The van der Waals surface area contributed by atoms with Gasteiger partial charge in [-0.25, -0.2) is 10.4 Å². The van der Waals surface area contributed by atoms with Gasteiger partial charge in [0.1, 0.15) is 12.1 Å². The number of carboxylic acids is 1. The molecule has 38 heavy (non-hydrogen) atoms. The third-order valence-corrected chi connectivity index (χ3v) is 9.37. The highest BCUT2D eigenvalue weighted by atomic mass is 16.4. The van der Waals surface area contributed by atoms with Crippen LogP contribution in [0, 0.1) is 34.5 Å². The van der Waals surface area contributed by atoms with Gasteiger partial charge in [-0.2, -0.15) is 5.26 Å². The van der Waals surface area contributed by atoms with E-state index in [1.165, 1.54) is 0 Å². The summed E-state index contributed by atoms with van der Waals surface area (Å²) < 4.78 is 0. The summed E-state index contributed by atoms with van der Waals surface area (Å²) in [6.45, 7) is 4.09. The Balaban J connectivity index is 1.09. The fourth-order valence-corrected chi connectivity index (χ4v) is 6.87. The summed E-state index contributed by atoms with van der Waals surface area (Å²) in [5.41, 5.74) is 6.62. The van der Waals surface area contributed by atoms with Crippen molar-refractivity contribution in [3.05, 3.63) is 18.3 Å². The number of pyridine rings is 1. The van der Waals surface area contributed by atoms with Crippen molar-refractivity contribution in [2.45, 2.75) is 57.0 Å². The number of fused-ring (bicyclic) bond motifs is 1. The molecule has 5 fully saturated rings. The van der Waals surface area contributed by atoms with Crippen molar-refractivity contribution in [1.82, 2.24) is 31.4 Å². The van der Waals surface area contributed by atoms with Crippen molar-refractivity contribution in [1.29, 1.82) is 5.26 Å². The van der Waals surface area contributed by atoms with Gasteiger partial charge in [-0.15, -0.1) is 0 Å². The van der Waals surface area contributed by atoms with E-state index in [0.29, 0.717) is 18.9 Å². The molecule has 204 valence electrons. The van der Waals surface area contributed by atoms with Gasteiger partial charge >= 0.3 is 5.97 Å². The molecular formula is C26H37N9O3. The smallest absolute Gasteiger partial charge is 0.307 e. The van der Waals surface area contributed by atoms with Gasteiger partial charge in [-0.3, -0.25) is 30.5 Å². The third-order valence-electron chi connectivity index (χ3n) is 9.37. The van der Waals surface area contributed by atoms with Crippen molar-refractivity contribution in [2.24, 2.45) is 23.2 Å². The number of amides is 1. The zero-order chi connectivity index (χ0) is 26.3. The van der Waals surface area contributed by atoms with Gasteiger partial charge in [0.2, 0.25) is 5.91 Å². The summed E-state index contributed by atoms with van der Waals surface area (Å²) in [5.74, 6) is 0.159. The summed E-state index contributed by atoms with van der Waals surface area (Å²) in [6.07, 6.45) is 6.67.